The van der Waals surface area contributed by atoms with Gasteiger partial charge in [0.15, 0.2) is 0 Å². The third-order valence-electron chi connectivity index (χ3n) is 5.44. The van der Waals surface area contributed by atoms with Crippen LogP contribution in [0.15, 0.2) is 30.6 Å². The van der Waals surface area contributed by atoms with Crippen LogP contribution in [-0.2, 0) is 6.18 Å². The largest absolute Gasteiger partial charge is 0.465 e. The first-order chi connectivity index (χ1) is 15.3. The number of nitriles is 1. The van der Waals surface area contributed by atoms with Crippen LogP contribution in [0.2, 0.25) is 0 Å². The number of benzene rings is 1. The number of H-pyrrole nitrogens is 1. The summed E-state index contributed by atoms with van der Waals surface area (Å²) in [6.07, 6.45) is -1.42. The van der Waals surface area contributed by atoms with E-state index in [0.717, 1.165) is 12.6 Å². The van der Waals surface area contributed by atoms with Gasteiger partial charge in [-0.05, 0) is 31.4 Å². The van der Waals surface area contributed by atoms with Crippen molar-refractivity contribution in [1.29, 1.82) is 5.26 Å². The maximum Gasteiger partial charge on any atom is 0.419 e. The summed E-state index contributed by atoms with van der Waals surface area (Å²) in [6, 6.07) is 6.33. The highest BCUT2D eigenvalue weighted by Crippen LogP contribution is 2.38. The Balaban J connectivity index is 1.73. The van der Waals surface area contributed by atoms with Crippen LogP contribution in [0.1, 0.15) is 30.4 Å². The normalized spacial score (nSPS) is 17.1. The fraction of sp³-hybridized carbons (Fsp3) is 0.333. The van der Waals surface area contributed by atoms with Crippen molar-refractivity contribution in [2.45, 2.75) is 31.5 Å². The Morgan fingerprint density at radius 2 is 2.16 bits per heavy atom. The number of aromatic nitrogens is 3. The summed E-state index contributed by atoms with van der Waals surface area (Å²) in [6.45, 7) is 0.603. The maximum atomic E-state index is 13.7. The van der Waals surface area contributed by atoms with Gasteiger partial charge in [-0.1, -0.05) is 6.07 Å². The Hall–Kier alpha value is -3.81. The first-order valence-corrected chi connectivity index (χ1v) is 9.96. The Bertz CT molecular complexity index is 1200. The lowest BCUT2D eigenvalue weighted by Gasteiger charge is -2.23. The van der Waals surface area contributed by atoms with E-state index in [1.54, 1.807) is 12.1 Å². The average molecular weight is 444 g/mol. The lowest BCUT2D eigenvalue weighted by molar-refractivity contribution is -0.137. The van der Waals surface area contributed by atoms with Crippen LogP contribution in [0, 0.1) is 11.3 Å². The highest BCUT2D eigenvalue weighted by Gasteiger charge is 2.36. The molecule has 1 aliphatic heterocycles. The van der Waals surface area contributed by atoms with Gasteiger partial charge in [-0.25, -0.2) is 14.8 Å². The molecule has 0 radical (unpaired) electrons. The molecule has 0 bridgehead atoms. The average Bonchev–Trinajstić information content (AvgIpc) is 3.03. The molecular formula is C21H19F3N6O2. The van der Waals surface area contributed by atoms with E-state index < -0.39 is 17.8 Å². The van der Waals surface area contributed by atoms with Gasteiger partial charge >= 0.3 is 12.3 Å². The van der Waals surface area contributed by atoms with Crippen LogP contribution < -0.4 is 5.32 Å². The van der Waals surface area contributed by atoms with Crippen molar-refractivity contribution in [2.75, 3.05) is 18.4 Å². The van der Waals surface area contributed by atoms with E-state index in [1.165, 1.54) is 17.2 Å². The van der Waals surface area contributed by atoms with Crippen LogP contribution in [0.3, 0.4) is 0 Å². The van der Waals surface area contributed by atoms with E-state index in [0.29, 0.717) is 35.9 Å². The summed E-state index contributed by atoms with van der Waals surface area (Å²) in [7, 11) is 0. The minimum atomic E-state index is -4.67. The Labute approximate surface area is 180 Å². The number of nitrogens with one attached hydrogen (secondary N) is 2. The van der Waals surface area contributed by atoms with Crippen molar-refractivity contribution in [3.05, 3.63) is 41.7 Å². The zero-order valence-electron chi connectivity index (χ0n) is 16.8. The highest BCUT2D eigenvalue weighted by molar-refractivity contribution is 5.96. The molecule has 1 aliphatic rings. The smallest absolute Gasteiger partial charge is 0.419 e. The second kappa shape index (κ2) is 8.37. The molecule has 0 aliphatic carbocycles. The topological polar surface area (TPSA) is 118 Å². The van der Waals surface area contributed by atoms with Gasteiger partial charge in [0, 0.05) is 48.0 Å². The van der Waals surface area contributed by atoms with Crippen molar-refractivity contribution in [3.8, 4) is 17.3 Å². The molecule has 1 amide bonds. The zero-order valence-corrected chi connectivity index (χ0v) is 16.8. The number of nitrogens with zero attached hydrogens (tertiary/aromatic N) is 4. The number of hydrogen-bond donors (Lipinski definition) is 3. The monoisotopic (exact) mass is 444 g/mol. The SMILES string of the molecule is N#Cc1ccc2c(-c3nc(NC4CCCCN(C(=O)O)C4)ncc3C(F)(F)F)c[nH]c2c1. The van der Waals surface area contributed by atoms with Crippen molar-refractivity contribution in [2.24, 2.45) is 0 Å². The van der Waals surface area contributed by atoms with E-state index in [2.05, 4.69) is 20.3 Å². The molecule has 3 aromatic rings. The lowest BCUT2D eigenvalue weighted by Crippen LogP contribution is -2.38. The number of halogens is 3. The number of likely N-dealkylation sites (tertiary alicyclic amines) is 1. The van der Waals surface area contributed by atoms with E-state index in [4.69, 9.17) is 5.26 Å². The molecule has 3 heterocycles. The van der Waals surface area contributed by atoms with Crippen molar-refractivity contribution < 1.29 is 23.1 Å². The third-order valence-corrected chi connectivity index (χ3v) is 5.44. The number of anilines is 1. The first kappa shape index (κ1) is 21.4. The number of aromatic amines is 1. The van der Waals surface area contributed by atoms with Gasteiger partial charge in [-0.3, -0.25) is 0 Å². The summed E-state index contributed by atoms with van der Waals surface area (Å²) in [5.74, 6) is -0.00627. The number of fused-ring (bicyclic) bond motifs is 1. The van der Waals surface area contributed by atoms with Crippen molar-refractivity contribution in [3.63, 3.8) is 0 Å². The number of alkyl halides is 3. The Morgan fingerprint density at radius 1 is 1.34 bits per heavy atom. The van der Waals surface area contributed by atoms with Gasteiger partial charge < -0.3 is 20.3 Å². The highest BCUT2D eigenvalue weighted by atomic mass is 19.4. The Kier molecular flexibility index (Phi) is 5.61. The molecular weight excluding hydrogens is 425 g/mol. The van der Waals surface area contributed by atoms with E-state index in [1.807, 2.05) is 6.07 Å². The van der Waals surface area contributed by atoms with Gasteiger partial charge in [-0.2, -0.15) is 18.4 Å². The molecule has 0 spiro atoms. The van der Waals surface area contributed by atoms with Crippen molar-refractivity contribution in [1.82, 2.24) is 19.9 Å². The predicted molar refractivity (Wildman–Crippen MR) is 110 cm³/mol. The van der Waals surface area contributed by atoms with Gasteiger partial charge in [0.25, 0.3) is 0 Å². The van der Waals surface area contributed by atoms with Gasteiger partial charge in [-0.15, -0.1) is 0 Å². The number of hydrogen-bond acceptors (Lipinski definition) is 5. The van der Waals surface area contributed by atoms with Crippen molar-refractivity contribution >= 4 is 22.9 Å². The van der Waals surface area contributed by atoms with Gasteiger partial charge in [0.1, 0.15) is 5.56 Å². The molecule has 3 N–H and O–H groups in total. The second-order valence-corrected chi connectivity index (χ2v) is 7.59. The van der Waals surface area contributed by atoms with Crippen LogP contribution in [0.25, 0.3) is 22.2 Å². The summed E-state index contributed by atoms with van der Waals surface area (Å²) >= 11 is 0. The van der Waals surface area contributed by atoms with Crippen LogP contribution in [0.4, 0.5) is 23.9 Å². The number of carboxylic acid groups (broad SMARTS) is 1. The lowest BCUT2D eigenvalue weighted by atomic mass is 10.0. The minimum absolute atomic E-state index is 0.00627. The minimum Gasteiger partial charge on any atom is -0.465 e. The number of carbonyl (C=O) groups is 1. The van der Waals surface area contributed by atoms with E-state index in [-0.39, 0.29) is 29.8 Å². The maximum absolute atomic E-state index is 13.7. The molecule has 1 atom stereocenters. The second-order valence-electron chi connectivity index (χ2n) is 7.59. The fourth-order valence-electron chi connectivity index (χ4n) is 3.87. The molecule has 32 heavy (non-hydrogen) atoms. The molecule has 166 valence electrons. The Morgan fingerprint density at radius 3 is 2.88 bits per heavy atom. The van der Waals surface area contributed by atoms with Gasteiger partial charge in [0.2, 0.25) is 5.95 Å². The molecule has 1 aromatic carbocycles. The number of amides is 1. The predicted octanol–water partition coefficient (Wildman–Crippen LogP) is 4.46. The fourth-order valence-corrected chi connectivity index (χ4v) is 3.87. The standard InChI is InChI=1S/C21H19F3N6O2/c22-21(23,24)16-10-27-19(28-13-3-1-2-6-30(11-13)20(31)32)29-18(16)15-9-26-17-7-12(8-25)4-5-14(15)17/h4-5,7,9-10,13,26H,1-3,6,11H2,(H,31,32)(H,27,28,29). The summed E-state index contributed by atoms with van der Waals surface area (Å²) in [5, 5.41) is 21.9. The molecule has 2 aromatic heterocycles. The quantitative estimate of drug-likeness (QED) is 0.549. The molecule has 8 nitrogen and oxygen atoms in total. The van der Waals surface area contributed by atoms with Crippen LogP contribution in [-0.4, -0.2) is 50.2 Å². The zero-order chi connectivity index (χ0) is 22.9. The molecule has 1 unspecified atom stereocenters. The summed E-state index contributed by atoms with van der Waals surface area (Å²) in [4.78, 5) is 23.6. The van der Waals surface area contributed by atoms with E-state index >= 15 is 0 Å². The molecule has 1 saturated heterocycles. The molecule has 1 fully saturated rings. The molecule has 4 rings (SSSR count). The molecule has 11 heteroatoms. The molecule has 0 saturated carbocycles. The van der Waals surface area contributed by atoms with E-state index in [9.17, 15) is 23.1 Å². The van der Waals surface area contributed by atoms with Gasteiger partial charge in [0.05, 0.1) is 17.3 Å². The summed E-state index contributed by atoms with van der Waals surface area (Å²) in [5.41, 5.74) is -0.157. The van der Waals surface area contributed by atoms with Crippen LogP contribution in [0.5, 0.6) is 0 Å². The first-order valence-electron chi connectivity index (χ1n) is 9.96. The third kappa shape index (κ3) is 4.30. The summed E-state index contributed by atoms with van der Waals surface area (Å²) < 4.78 is 41.2. The number of rotatable bonds is 3. The van der Waals surface area contributed by atoms with Crippen LogP contribution >= 0.6 is 0 Å².